The number of hydrogen-bond donors (Lipinski definition) is 0. The van der Waals surface area contributed by atoms with Gasteiger partial charge in [0.15, 0.2) is 0 Å². The van der Waals surface area contributed by atoms with Crippen LogP contribution in [0.15, 0.2) is 24.3 Å². The van der Waals surface area contributed by atoms with Crippen molar-refractivity contribution in [3.63, 3.8) is 0 Å². The van der Waals surface area contributed by atoms with Gasteiger partial charge in [-0.2, -0.15) is 5.26 Å². The summed E-state index contributed by atoms with van der Waals surface area (Å²) in [6.07, 6.45) is 1.14. The highest BCUT2D eigenvalue weighted by molar-refractivity contribution is 6.04. The van der Waals surface area contributed by atoms with Crippen molar-refractivity contribution in [1.29, 1.82) is 5.26 Å². The molecule has 0 heterocycles. The normalized spacial score (nSPS) is 20.6. The first-order valence-corrected chi connectivity index (χ1v) is 5.25. The van der Waals surface area contributed by atoms with E-state index in [-0.39, 0.29) is 23.9 Å². The molecule has 0 aromatic heterocycles. The Bertz CT molecular complexity index is 468. The molecule has 1 fully saturated rings. The van der Waals surface area contributed by atoms with Crippen LogP contribution in [-0.4, -0.2) is 11.6 Å². The molecule has 3 nitrogen and oxygen atoms in total. The molecule has 0 spiro atoms. The van der Waals surface area contributed by atoms with Gasteiger partial charge in [0, 0.05) is 12.3 Å². The summed E-state index contributed by atoms with van der Waals surface area (Å²) in [6.45, 7) is 0. The van der Waals surface area contributed by atoms with Gasteiger partial charge in [-0.3, -0.25) is 9.59 Å². The Morgan fingerprint density at radius 1 is 1.19 bits per heavy atom. The first-order chi connectivity index (χ1) is 7.70. The standard InChI is InChI=1S/C13H11NO2/c14-8-9-1-3-10(4-2-9)12-6-5-11(15)7-13(12)16/h1-4,12H,5-7H2/t12-/m0/s1. The zero-order valence-corrected chi connectivity index (χ0v) is 8.77. The molecule has 0 unspecified atom stereocenters. The average molecular weight is 213 g/mol. The van der Waals surface area contributed by atoms with E-state index in [2.05, 4.69) is 0 Å². The second kappa shape index (κ2) is 4.28. The maximum absolute atomic E-state index is 11.7. The quantitative estimate of drug-likeness (QED) is 0.670. The third kappa shape index (κ3) is 2.01. The number of hydrogen-bond acceptors (Lipinski definition) is 3. The smallest absolute Gasteiger partial charge is 0.147 e. The summed E-state index contributed by atoms with van der Waals surface area (Å²) in [7, 11) is 0. The van der Waals surface area contributed by atoms with Gasteiger partial charge in [-0.1, -0.05) is 12.1 Å². The summed E-state index contributed by atoms with van der Waals surface area (Å²) < 4.78 is 0. The molecule has 1 atom stereocenters. The summed E-state index contributed by atoms with van der Waals surface area (Å²) in [5, 5.41) is 8.66. The van der Waals surface area contributed by atoms with E-state index >= 15 is 0 Å². The van der Waals surface area contributed by atoms with Gasteiger partial charge in [0.05, 0.1) is 18.1 Å². The van der Waals surface area contributed by atoms with Crippen LogP contribution in [0, 0.1) is 11.3 Å². The van der Waals surface area contributed by atoms with Crippen molar-refractivity contribution in [2.45, 2.75) is 25.2 Å². The molecule has 1 aliphatic carbocycles. The Balaban J connectivity index is 2.21. The van der Waals surface area contributed by atoms with E-state index in [1.807, 2.05) is 6.07 Å². The van der Waals surface area contributed by atoms with Crippen molar-refractivity contribution in [3.8, 4) is 6.07 Å². The van der Waals surface area contributed by atoms with Gasteiger partial charge >= 0.3 is 0 Å². The predicted molar refractivity (Wildman–Crippen MR) is 57.8 cm³/mol. The van der Waals surface area contributed by atoms with E-state index < -0.39 is 0 Å². The minimum atomic E-state index is -0.162. The molecule has 1 aromatic rings. The molecule has 0 bridgehead atoms. The third-order valence-corrected chi connectivity index (χ3v) is 2.91. The second-order valence-corrected chi connectivity index (χ2v) is 4.01. The molecule has 0 radical (unpaired) electrons. The number of ketones is 2. The summed E-state index contributed by atoms with van der Waals surface area (Å²) in [5.41, 5.74) is 1.50. The monoisotopic (exact) mass is 213 g/mol. The first-order valence-electron chi connectivity index (χ1n) is 5.25. The molecular formula is C13H11NO2. The van der Waals surface area contributed by atoms with Crippen LogP contribution in [0.25, 0.3) is 0 Å². The van der Waals surface area contributed by atoms with Crippen molar-refractivity contribution in [2.24, 2.45) is 0 Å². The molecule has 0 saturated heterocycles. The summed E-state index contributed by atoms with van der Waals surface area (Å²) in [6, 6.07) is 9.06. The largest absolute Gasteiger partial charge is 0.299 e. The molecular weight excluding hydrogens is 202 g/mol. The van der Waals surface area contributed by atoms with Gasteiger partial charge < -0.3 is 0 Å². The molecule has 3 heteroatoms. The van der Waals surface area contributed by atoms with E-state index in [9.17, 15) is 9.59 Å². The van der Waals surface area contributed by atoms with Crippen LogP contribution in [0.2, 0.25) is 0 Å². The lowest BCUT2D eigenvalue weighted by Gasteiger charge is -2.19. The molecule has 0 aliphatic heterocycles. The highest BCUT2D eigenvalue weighted by atomic mass is 16.1. The minimum Gasteiger partial charge on any atom is -0.299 e. The molecule has 1 aromatic carbocycles. The molecule has 2 rings (SSSR count). The Hall–Kier alpha value is -1.95. The number of Topliss-reactive ketones (excluding diaryl/α,β-unsaturated/α-hetero) is 2. The Morgan fingerprint density at radius 2 is 1.88 bits per heavy atom. The van der Waals surface area contributed by atoms with Crippen LogP contribution in [0.5, 0.6) is 0 Å². The summed E-state index contributed by atoms with van der Waals surface area (Å²) in [4.78, 5) is 22.8. The number of carbonyl (C=O) groups is 2. The van der Waals surface area contributed by atoms with E-state index in [0.29, 0.717) is 18.4 Å². The van der Waals surface area contributed by atoms with Crippen LogP contribution in [-0.2, 0) is 9.59 Å². The van der Waals surface area contributed by atoms with Crippen LogP contribution in [0.4, 0.5) is 0 Å². The van der Waals surface area contributed by atoms with E-state index in [4.69, 9.17) is 5.26 Å². The summed E-state index contributed by atoms with van der Waals surface area (Å²) in [5.74, 6) is -0.124. The van der Waals surface area contributed by atoms with Crippen molar-refractivity contribution in [2.75, 3.05) is 0 Å². The number of nitriles is 1. The van der Waals surface area contributed by atoms with Gasteiger partial charge in [0.2, 0.25) is 0 Å². The molecule has 1 aliphatic rings. The van der Waals surface area contributed by atoms with Crippen LogP contribution < -0.4 is 0 Å². The third-order valence-electron chi connectivity index (χ3n) is 2.91. The fourth-order valence-electron chi connectivity index (χ4n) is 2.01. The van der Waals surface area contributed by atoms with Crippen LogP contribution in [0.1, 0.15) is 36.3 Å². The zero-order valence-electron chi connectivity index (χ0n) is 8.77. The molecule has 80 valence electrons. The SMILES string of the molecule is N#Cc1ccc([C@@H]2CCC(=O)CC2=O)cc1. The predicted octanol–water partition coefficient (Wildman–Crippen LogP) is 1.96. The molecule has 0 N–H and O–H groups in total. The van der Waals surface area contributed by atoms with E-state index in [1.165, 1.54) is 0 Å². The Morgan fingerprint density at radius 3 is 2.44 bits per heavy atom. The van der Waals surface area contributed by atoms with Gasteiger partial charge in [0.25, 0.3) is 0 Å². The highest BCUT2D eigenvalue weighted by Crippen LogP contribution is 2.28. The number of carbonyl (C=O) groups excluding carboxylic acids is 2. The van der Waals surface area contributed by atoms with Gasteiger partial charge in [-0.05, 0) is 24.1 Å². The van der Waals surface area contributed by atoms with Gasteiger partial charge in [-0.15, -0.1) is 0 Å². The maximum Gasteiger partial charge on any atom is 0.147 e. The maximum atomic E-state index is 11.7. The van der Waals surface area contributed by atoms with Crippen molar-refractivity contribution in [1.82, 2.24) is 0 Å². The molecule has 0 amide bonds. The van der Waals surface area contributed by atoms with Crippen molar-refractivity contribution in [3.05, 3.63) is 35.4 Å². The van der Waals surface area contributed by atoms with E-state index in [1.54, 1.807) is 24.3 Å². The van der Waals surface area contributed by atoms with E-state index in [0.717, 1.165) is 5.56 Å². The lowest BCUT2D eigenvalue weighted by atomic mass is 9.82. The van der Waals surface area contributed by atoms with Crippen molar-refractivity contribution < 1.29 is 9.59 Å². The number of benzene rings is 1. The molecule has 1 saturated carbocycles. The average Bonchev–Trinajstić information content (AvgIpc) is 2.29. The fraction of sp³-hybridized carbons (Fsp3) is 0.308. The lowest BCUT2D eigenvalue weighted by Crippen LogP contribution is -2.23. The number of rotatable bonds is 1. The number of nitrogens with zero attached hydrogens (tertiary/aromatic N) is 1. The Labute approximate surface area is 93.7 Å². The minimum absolute atomic E-state index is 0.000887. The van der Waals surface area contributed by atoms with Crippen LogP contribution >= 0.6 is 0 Å². The van der Waals surface area contributed by atoms with Crippen LogP contribution in [0.3, 0.4) is 0 Å². The van der Waals surface area contributed by atoms with Crippen molar-refractivity contribution >= 4 is 11.6 Å². The van der Waals surface area contributed by atoms with Gasteiger partial charge in [-0.25, -0.2) is 0 Å². The topological polar surface area (TPSA) is 57.9 Å². The molecule has 16 heavy (non-hydrogen) atoms. The summed E-state index contributed by atoms with van der Waals surface area (Å²) >= 11 is 0. The first kappa shape index (κ1) is 10.6. The van der Waals surface area contributed by atoms with Gasteiger partial charge in [0.1, 0.15) is 11.6 Å². The highest BCUT2D eigenvalue weighted by Gasteiger charge is 2.27. The second-order valence-electron chi connectivity index (χ2n) is 4.01. The zero-order chi connectivity index (χ0) is 11.5. The fourth-order valence-corrected chi connectivity index (χ4v) is 2.01. The Kier molecular flexibility index (Phi) is 2.82. The lowest BCUT2D eigenvalue weighted by molar-refractivity contribution is -0.130.